The number of morpholine rings is 2. The van der Waals surface area contributed by atoms with Crippen molar-refractivity contribution in [1.29, 1.82) is 0 Å². The summed E-state index contributed by atoms with van der Waals surface area (Å²) >= 11 is 0. The Morgan fingerprint density at radius 2 is 1.68 bits per heavy atom. The number of nitrogens with one attached hydrogen (secondary N) is 3. The number of amides is 2. The summed E-state index contributed by atoms with van der Waals surface area (Å²) in [5, 5.41) is 12.2. The number of methoxy groups -OCH3 is 1. The van der Waals surface area contributed by atoms with E-state index in [0.29, 0.717) is 6.42 Å². The van der Waals surface area contributed by atoms with Crippen molar-refractivity contribution in [3.63, 3.8) is 0 Å². The third kappa shape index (κ3) is 4.49. The monoisotopic (exact) mass is 480 g/mol. The summed E-state index contributed by atoms with van der Waals surface area (Å²) < 4.78 is 19.2. The molecule has 0 aromatic heterocycles. The maximum absolute atomic E-state index is 12.3. The van der Waals surface area contributed by atoms with E-state index in [9.17, 15) is 9.59 Å². The average Bonchev–Trinajstić information content (AvgIpc) is 2.80. The van der Waals surface area contributed by atoms with Gasteiger partial charge in [-0.1, -0.05) is 12.8 Å². The van der Waals surface area contributed by atoms with Crippen molar-refractivity contribution in [2.45, 2.75) is 126 Å². The van der Waals surface area contributed by atoms with Gasteiger partial charge in [-0.3, -0.25) is 9.59 Å². The number of carbonyl (C=O) groups is 2. The zero-order valence-electron chi connectivity index (χ0n) is 20.7. The molecule has 3 N–H and O–H groups in total. The second-order valence-corrected chi connectivity index (χ2v) is 10.6. The lowest BCUT2D eigenvalue weighted by atomic mass is 9.75. The summed E-state index contributed by atoms with van der Waals surface area (Å²) in [5.41, 5.74) is 0. The SMILES string of the molecule is COC1CC2OC3C(CC4OC5CCCCC5N(OC)C4C3NC(C)=O)NC2CC1NC(C)=O. The van der Waals surface area contributed by atoms with Gasteiger partial charge in [-0.2, -0.15) is 5.06 Å². The lowest BCUT2D eigenvalue weighted by Crippen LogP contribution is -2.78. The fourth-order valence-electron chi connectivity index (χ4n) is 7.24. The standard InChI is InChI=1S/C24H40N4O6/c1-12(29)25-14-9-15-20(11-19(14)31-3)34-24-16(27-15)10-21-23(22(24)26-13(2)30)28(32-4)17-7-5-6-8-18(17)33-21/h14-24,27H,5-11H2,1-4H3,(H,25,29)(H,26,30). The normalized spacial score (nSPS) is 46.3. The van der Waals surface area contributed by atoms with Gasteiger partial charge >= 0.3 is 0 Å². The molecule has 0 aromatic rings. The number of rotatable bonds is 4. The minimum Gasteiger partial charge on any atom is -0.379 e. The number of hydrogen-bond donors (Lipinski definition) is 3. The van der Waals surface area contributed by atoms with Gasteiger partial charge in [0.2, 0.25) is 11.8 Å². The predicted octanol–water partition coefficient (Wildman–Crippen LogP) is 0.245. The lowest BCUT2D eigenvalue weighted by Gasteiger charge is -2.60. The molecular formula is C24H40N4O6. The van der Waals surface area contributed by atoms with Crippen LogP contribution in [0.5, 0.6) is 0 Å². The maximum Gasteiger partial charge on any atom is 0.217 e. The third-order valence-corrected chi connectivity index (χ3v) is 8.53. The van der Waals surface area contributed by atoms with E-state index in [2.05, 4.69) is 21.0 Å². The molecule has 0 bridgehead atoms. The Labute approximate surface area is 201 Å². The van der Waals surface area contributed by atoms with Crippen LogP contribution in [0.15, 0.2) is 0 Å². The smallest absolute Gasteiger partial charge is 0.217 e. The van der Waals surface area contributed by atoms with Crippen LogP contribution < -0.4 is 16.0 Å². The van der Waals surface area contributed by atoms with Crippen LogP contribution in [0, 0.1) is 0 Å². The third-order valence-electron chi connectivity index (χ3n) is 8.53. The van der Waals surface area contributed by atoms with E-state index in [-0.39, 0.29) is 78.6 Å². The molecule has 0 aromatic carbocycles. The molecule has 5 fully saturated rings. The Kier molecular flexibility index (Phi) is 7.17. The van der Waals surface area contributed by atoms with E-state index < -0.39 is 0 Å². The predicted molar refractivity (Wildman–Crippen MR) is 123 cm³/mol. The first-order chi connectivity index (χ1) is 16.4. The van der Waals surface area contributed by atoms with E-state index in [1.807, 2.05) is 0 Å². The molecule has 5 rings (SSSR count). The van der Waals surface area contributed by atoms with E-state index in [1.54, 1.807) is 28.1 Å². The number of nitrogens with zero attached hydrogens (tertiary/aromatic N) is 1. The number of hydrogen-bond acceptors (Lipinski definition) is 8. The first-order valence-electron chi connectivity index (χ1n) is 12.9. The quantitative estimate of drug-likeness (QED) is 0.525. The molecule has 10 nitrogen and oxygen atoms in total. The Balaban J connectivity index is 1.40. The van der Waals surface area contributed by atoms with Gasteiger partial charge in [0.05, 0.1) is 61.8 Å². The highest BCUT2D eigenvalue weighted by Crippen LogP contribution is 2.42. The Morgan fingerprint density at radius 1 is 0.912 bits per heavy atom. The highest BCUT2D eigenvalue weighted by Gasteiger charge is 2.58. The molecule has 5 aliphatic rings. The van der Waals surface area contributed by atoms with Crippen LogP contribution in [0.2, 0.25) is 0 Å². The Hall–Kier alpha value is -1.30. The zero-order valence-corrected chi connectivity index (χ0v) is 20.7. The maximum atomic E-state index is 12.3. The van der Waals surface area contributed by atoms with Gasteiger partial charge in [0.15, 0.2) is 0 Å². The van der Waals surface area contributed by atoms with E-state index in [4.69, 9.17) is 19.0 Å². The highest BCUT2D eigenvalue weighted by atomic mass is 16.7. The summed E-state index contributed by atoms with van der Waals surface area (Å²) in [4.78, 5) is 30.0. The van der Waals surface area contributed by atoms with Crippen molar-refractivity contribution in [2.24, 2.45) is 0 Å². The second kappa shape index (κ2) is 9.99. The first-order valence-corrected chi connectivity index (χ1v) is 12.9. The Bertz CT molecular complexity index is 770. The van der Waals surface area contributed by atoms with E-state index in [1.165, 1.54) is 6.42 Å². The van der Waals surface area contributed by atoms with Crippen molar-refractivity contribution < 1.29 is 28.6 Å². The molecule has 192 valence electrons. The zero-order chi connectivity index (χ0) is 24.0. The fraction of sp³-hybridized carbons (Fsp3) is 0.917. The van der Waals surface area contributed by atoms with Gasteiger partial charge in [-0.15, -0.1) is 0 Å². The van der Waals surface area contributed by atoms with Gasteiger partial charge in [0.1, 0.15) is 0 Å². The van der Waals surface area contributed by atoms with Crippen LogP contribution in [0.3, 0.4) is 0 Å². The summed E-state index contributed by atoms with van der Waals surface area (Å²) in [7, 11) is 3.41. The number of fused-ring (bicyclic) bond motifs is 4. The molecule has 2 aliphatic heterocycles. The van der Waals surface area contributed by atoms with Crippen LogP contribution in [0.25, 0.3) is 0 Å². The molecule has 3 aliphatic carbocycles. The molecule has 34 heavy (non-hydrogen) atoms. The minimum atomic E-state index is -0.258. The van der Waals surface area contributed by atoms with Crippen LogP contribution in [-0.2, 0) is 28.6 Å². The summed E-state index contributed by atoms with van der Waals surface area (Å²) in [6, 6.07) is -0.0907. The minimum absolute atomic E-state index is 0.0373. The van der Waals surface area contributed by atoms with Gasteiger partial charge in [-0.25, -0.2) is 0 Å². The Morgan fingerprint density at radius 3 is 2.38 bits per heavy atom. The molecular weight excluding hydrogens is 440 g/mol. The van der Waals surface area contributed by atoms with Crippen molar-refractivity contribution in [3.8, 4) is 0 Å². The van der Waals surface area contributed by atoms with Crippen LogP contribution in [-0.4, -0.2) is 97.9 Å². The van der Waals surface area contributed by atoms with Crippen LogP contribution in [0.4, 0.5) is 0 Å². The molecule has 10 heteroatoms. The molecule has 0 spiro atoms. The van der Waals surface area contributed by atoms with E-state index >= 15 is 0 Å². The average molecular weight is 481 g/mol. The van der Waals surface area contributed by atoms with Gasteiger partial charge in [0.25, 0.3) is 0 Å². The summed E-state index contributed by atoms with van der Waals surface area (Å²) in [6.07, 6.45) is 6.32. The van der Waals surface area contributed by atoms with Gasteiger partial charge in [-0.05, 0) is 25.7 Å². The van der Waals surface area contributed by atoms with Crippen molar-refractivity contribution in [1.82, 2.24) is 21.0 Å². The largest absolute Gasteiger partial charge is 0.379 e. The lowest BCUT2D eigenvalue weighted by molar-refractivity contribution is -0.312. The van der Waals surface area contributed by atoms with Crippen molar-refractivity contribution in [2.75, 3.05) is 14.2 Å². The molecule has 2 saturated heterocycles. The molecule has 2 heterocycles. The van der Waals surface area contributed by atoms with Gasteiger partial charge < -0.3 is 35.0 Å². The second-order valence-electron chi connectivity index (χ2n) is 10.6. The molecule has 0 radical (unpaired) electrons. The first kappa shape index (κ1) is 24.4. The number of ether oxygens (including phenoxy) is 3. The summed E-state index contributed by atoms with van der Waals surface area (Å²) in [5.74, 6) is -0.135. The molecule has 2 amide bonds. The fourth-order valence-corrected chi connectivity index (χ4v) is 7.24. The highest BCUT2D eigenvalue weighted by molar-refractivity contribution is 5.73. The van der Waals surface area contributed by atoms with Crippen LogP contribution >= 0.6 is 0 Å². The van der Waals surface area contributed by atoms with Crippen molar-refractivity contribution >= 4 is 11.8 Å². The number of hydroxylamine groups is 2. The molecule has 3 saturated carbocycles. The molecule has 11 atom stereocenters. The number of carbonyl (C=O) groups excluding carboxylic acids is 2. The topological polar surface area (TPSA) is 110 Å². The molecule has 11 unspecified atom stereocenters. The van der Waals surface area contributed by atoms with Crippen LogP contribution in [0.1, 0.15) is 58.8 Å². The van der Waals surface area contributed by atoms with E-state index in [0.717, 1.165) is 32.1 Å². The van der Waals surface area contributed by atoms with Gasteiger partial charge in [0, 0.05) is 39.5 Å². The van der Waals surface area contributed by atoms with Crippen molar-refractivity contribution in [3.05, 3.63) is 0 Å². The summed E-state index contributed by atoms with van der Waals surface area (Å²) in [6.45, 7) is 3.10.